The van der Waals surface area contributed by atoms with Gasteiger partial charge in [-0.15, -0.1) is 0 Å². The second-order valence-electron chi connectivity index (χ2n) is 7.11. The summed E-state index contributed by atoms with van der Waals surface area (Å²) in [6.07, 6.45) is 0.859. The highest BCUT2D eigenvalue weighted by molar-refractivity contribution is 5.91. The van der Waals surface area contributed by atoms with E-state index in [1.165, 1.54) is 24.7 Å². The number of aliphatic carboxylic acids is 1. The number of benzene rings is 1. The molecule has 1 aliphatic rings. The minimum Gasteiger partial charge on any atom is -0.481 e. The normalized spacial score (nSPS) is 16.0. The predicted octanol–water partition coefficient (Wildman–Crippen LogP) is 4.39. The first-order valence-corrected chi connectivity index (χ1v) is 9.01. The Labute approximate surface area is 163 Å². The lowest BCUT2D eigenvalue weighted by molar-refractivity contribution is -0.140. The van der Waals surface area contributed by atoms with Crippen LogP contribution in [0.25, 0.3) is 10.9 Å². The summed E-state index contributed by atoms with van der Waals surface area (Å²) >= 11 is 0. The van der Waals surface area contributed by atoms with Gasteiger partial charge in [0.05, 0.1) is 29.0 Å². The van der Waals surface area contributed by atoms with Gasteiger partial charge in [0, 0.05) is 10.9 Å². The Bertz CT molecular complexity index is 1100. The van der Waals surface area contributed by atoms with Crippen LogP contribution in [0.1, 0.15) is 49.1 Å². The zero-order chi connectivity index (χ0) is 20.8. The number of nitrogens with zero attached hydrogens (tertiary/aromatic N) is 3. The zero-order valence-electron chi connectivity index (χ0n) is 15.4. The summed E-state index contributed by atoms with van der Waals surface area (Å²) in [5.74, 6) is -1.56. The van der Waals surface area contributed by atoms with Gasteiger partial charge in [0.1, 0.15) is 23.4 Å². The predicted molar refractivity (Wildman–Crippen MR) is 99.3 cm³/mol. The van der Waals surface area contributed by atoms with Crippen LogP contribution in [0.3, 0.4) is 0 Å². The van der Waals surface area contributed by atoms with Crippen molar-refractivity contribution < 1.29 is 23.1 Å². The Morgan fingerprint density at radius 2 is 1.93 bits per heavy atom. The first kappa shape index (κ1) is 19.1. The minimum atomic E-state index is -2.92. The number of fused-ring (bicyclic) bond motifs is 1. The van der Waals surface area contributed by atoms with Crippen molar-refractivity contribution in [1.29, 1.82) is 0 Å². The molecular formula is C20H17F3N4O2. The number of nitrogens with one attached hydrogen (secondary N) is 1. The van der Waals surface area contributed by atoms with Gasteiger partial charge in [-0.25, -0.2) is 23.1 Å². The van der Waals surface area contributed by atoms with Gasteiger partial charge in [-0.05, 0) is 25.8 Å². The molecule has 1 saturated carbocycles. The summed E-state index contributed by atoms with van der Waals surface area (Å²) in [6.45, 7) is 1.63. The number of carbonyl (C=O) groups is 1. The van der Waals surface area contributed by atoms with Gasteiger partial charge in [0.25, 0.3) is 6.43 Å². The molecular weight excluding hydrogens is 385 g/mol. The van der Waals surface area contributed by atoms with Gasteiger partial charge >= 0.3 is 5.97 Å². The number of anilines is 1. The van der Waals surface area contributed by atoms with E-state index in [4.69, 9.17) is 0 Å². The summed E-state index contributed by atoms with van der Waals surface area (Å²) in [5.41, 5.74) is -0.680. The third kappa shape index (κ3) is 3.26. The zero-order valence-corrected chi connectivity index (χ0v) is 15.4. The van der Waals surface area contributed by atoms with Crippen LogP contribution in [-0.4, -0.2) is 26.0 Å². The molecule has 150 valence electrons. The lowest BCUT2D eigenvalue weighted by Gasteiger charge is -2.18. The van der Waals surface area contributed by atoms with Gasteiger partial charge in [-0.2, -0.15) is 0 Å². The summed E-state index contributed by atoms with van der Waals surface area (Å²) in [7, 11) is 0. The largest absolute Gasteiger partial charge is 0.481 e. The van der Waals surface area contributed by atoms with Crippen LogP contribution < -0.4 is 5.32 Å². The van der Waals surface area contributed by atoms with Crippen LogP contribution >= 0.6 is 0 Å². The lowest BCUT2D eigenvalue weighted by atomic mass is 10.0. The number of carboxylic acid groups (broad SMARTS) is 1. The Balaban J connectivity index is 1.71. The number of carboxylic acids is 1. The Hall–Kier alpha value is -3.23. The molecule has 0 unspecified atom stereocenters. The minimum absolute atomic E-state index is 0.0769. The molecule has 6 nitrogen and oxygen atoms in total. The molecule has 2 N–H and O–H groups in total. The van der Waals surface area contributed by atoms with Crippen molar-refractivity contribution in [2.75, 3.05) is 5.32 Å². The third-order valence-electron chi connectivity index (χ3n) is 5.28. The molecule has 3 aromatic rings. The van der Waals surface area contributed by atoms with Crippen LogP contribution in [0, 0.1) is 5.82 Å². The maximum absolute atomic E-state index is 14.5. The average molecular weight is 402 g/mol. The third-order valence-corrected chi connectivity index (χ3v) is 5.28. The van der Waals surface area contributed by atoms with Crippen LogP contribution in [0.4, 0.5) is 19.0 Å². The van der Waals surface area contributed by atoms with Crippen molar-refractivity contribution >= 4 is 22.7 Å². The molecule has 1 atom stereocenters. The van der Waals surface area contributed by atoms with Crippen molar-refractivity contribution in [3.8, 4) is 0 Å². The van der Waals surface area contributed by atoms with E-state index in [2.05, 4.69) is 20.3 Å². The van der Waals surface area contributed by atoms with E-state index in [-0.39, 0.29) is 5.56 Å². The van der Waals surface area contributed by atoms with Crippen LogP contribution in [0.2, 0.25) is 0 Å². The van der Waals surface area contributed by atoms with Crippen molar-refractivity contribution in [2.24, 2.45) is 0 Å². The fourth-order valence-corrected chi connectivity index (χ4v) is 3.39. The van der Waals surface area contributed by atoms with E-state index < -0.39 is 35.2 Å². The maximum atomic E-state index is 14.5. The second-order valence-corrected chi connectivity index (χ2v) is 7.11. The first-order valence-electron chi connectivity index (χ1n) is 9.01. The van der Waals surface area contributed by atoms with E-state index in [1.54, 1.807) is 13.0 Å². The molecule has 0 spiro atoms. The number of hydrogen-bond donors (Lipinski definition) is 2. The summed E-state index contributed by atoms with van der Waals surface area (Å²) in [6, 6.07) is 4.81. The number of hydrogen-bond acceptors (Lipinski definition) is 5. The van der Waals surface area contributed by atoms with E-state index in [0.29, 0.717) is 35.3 Å². The van der Waals surface area contributed by atoms with Crippen LogP contribution in [-0.2, 0) is 10.2 Å². The molecule has 0 amide bonds. The molecule has 29 heavy (non-hydrogen) atoms. The molecule has 0 bridgehead atoms. The van der Waals surface area contributed by atoms with Crippen LogP contribution in [0.15, 0.2) is 36.8 Å². The quantitative estimate of drug-likeness (QED) is 0.636. The Morgan fingerprint density at radius 1 is 1.21 bits per heavy atom. The fraction of sp³-hybridized carbons (Fsp3) is 0.300. The standard InChI is InChI=1S/C20H17F3N4O2/c1-10(11-3-2-4-12(16(11)21)17(22)23)27-18-13-7-15(20(5-6-20)19(28)29)24-8-14(13)25-9-26-18/h2-4,7-10,17H,5-6H2,1H3,(H,28,29)(H,25,26,27)/t10-/m1/s1. The van der Waals surface area contributed by atoms with Gasteiger partial charge in [0.2, 0.25) is 0 Å². The molecule has 2 heterocycles. The van der Waals surface area contributed by atoms with Gasteiger partial charge in [-0.3, -0.25) is 9.78 Å². The van der Waals surface area contributed by atoms with Gasteiger partial charge in [0.15, 0.2) is 0 Å². The summed E-state index contributed by atoms with van der Waals surface area (Å²) in [4.78, 5) is 24.2. The number of rotatable bonds is 6. The van der Waals surface area contributed by atoms with Gasteiger partial charge in [-0.1, -0.05) is 18.2 Å². The number of halogens is 3. The molecule has 9 heteroatoms. The molecule has 0 radical (unpaired) electrons. The highest BCUT2D eigenvalue weighted by Crippen LogP contribution is 2.48. The molecule has 1 fully saturated rings. The van der Waals surface area contributed by atoms with Crippen molar-refractivity contribution in [1.82, 2.24) is 15.0 Å². The monoisotopic (exact) mass is 402 g/mol. The maximum Gasteiger partial charge on any atom is 0.315 e. The Kier molecular flexibility index (Phi) is 4.60. The van der Waals surface area contributed by atoms with E-state index in [9.17, 15) is 23.1 Å². The molecule has 0 saturated heterocycles. The van der Waals surface area contributed by atoms with E-state index in [1.807, 2.05) is 0 Å². The molecule has 1 aromatic carbocycles. The van der Waals surface area contributed by atoms with E-state index in [0.717, 1.165) is 6.07 Å². The smallest absolute Gasteiger partial charge is 0.315 e. The number of pyridine rings is 1. The average Bonchev–Trinajstić information content (AvgIpc) is 3.50. The van der Waals surface area contributed by atoms with Crippen molar-refractivity contribution in [2.45, 2.75) is 37.6 Å². The van der Waals surface area contributed by atoms with Crippen molar-refractivity contribution in [3.63, 3.8) is 0 Å². The van der Waals surface area contributed by atoms with Crippen LogP contribution in [0.5, 0.6) is 0 Å². The molecule has 2 aromatic heterocycles. The van der Waals surface area contributed by atoms with Gasteiger partial charge < -0.3 is 10.4 Å². The number of alkyl halides is 2. The molecule has 4 rings (SSSR count). The SMILES string of the molecule is C[C@@H](Nc1ncnc2cnc(C3(C(=O)O)CC3)cc12)c1cccc(C(F)F)c1F. The fourth-order valence-electron chi connectivity index (χ4n) is 3.39. The first-order chi connectivity index (χ1) is 13.8. The molecule has 0 aliphatic heterocycles. The highest BCUT2D eigenvalue weighted by atomic mass is 19.3. The number of aromatic nitrogens is 3. The lowest BCUT2D eigenvalue weighted by Crippen LogP contribution is -2.21. The van der Waals surface area contributed by atoms with E-state index >= 15 is 0 Å². The topological polar surface area (TPSA) is 88.0 Å². The summed E-state index contributed by atoms with van der Waals surface area (Å²) in [5, 5.41) is 13.1. The molecule has 1 aliphatic carbocycles. The van der Waals surface area contributed by atoms with Crippen molar-refractivity contribution in [3.05, 3.63) is 59.4 Å². The summed E-state index contributed by atoms with van der Waals surface area (Å²) < 4.78 is 40.5. The Morgan fingerprint density at radius 3 is 2.59 bits per heavy atom. The highest BCUT2D eigenvalue weighted by Gasteiger charge is 2.53. The second kappa shape index (κ2) is 6.98.